The van der Waals surface area contributed by atoms with Gasteiger partial charge in [0.25, 0.3) is 0 Å². The molecule has 0 atom stereocenters. The number of benzene rings is 2. The molecule has 0 radical (unpaired) electrons. The van der Waals surface area contributed by atoms with Gasteiger partial charge >= 0.3 is 5.97 Å². The number of fused-ring (bicyclic) bond motifs is 1. The van der Waals surface area contributed by atoms with E-state index in [2.05, 4.69) is 34.1 Å². The molecule has 0 saturated heterocycles. The molecule has 0 fully saturated rings. The van der Waals surface area contributed by atoms with Crippen molar-refractivity contribution in [3.8, 4) is 17.3 Å². The minimum absolute atomic E-state index is 0.411. The van der Waals surface area contributed by atoms with Crippen LogP contribution in [0.4, 0.5) is 5.69 Å². The minimum Gasteiger partial charge on any atom is -0.494 e. The van der Waals surface area contributed by atoms with Gasteiger partial charge in [0.05, 0.1) is 42.2 Å². The lowest BCUT2D eigenvalue weighted by atomic mass is 10.2. The number of methoxy groups -OCH3 is 2. The van der Waals surface area contributed by atoms with Gasteiger partial charge in [-0.2, -0.15) is 0 Å². The summed E-state index contributed by atoms with van der Waals surface area (Å²) in [7, 11) is 4.93. The number of nitrogens with zero attached hydrogens (tertiary/aromatic N) is 3. The first-order valence-electron chi connectivity index (χ1n) is 9.11. The number of anilines is 1. The molecule has 0 unspecified atom stereocenters. The lowest BCUT2D eigenvalue weighted by Gasteiger charge is -2.19. The van der Waals surface area contributed by atoms with Gasteiger partial charge in [0, 0.05) is 25.5 Å². The predicted molar refractivity (Wildman–Crippen MR) is 108 cm³/mol. The van der Waals surface area contributed by atoms with Crippen LogP contribution >= 0.6 is 0 Å². The highest BCUT2D eigenvalue weighted by Gasteiger charge is 2.23. The molecule has 1 aliphatic rings. The average molecular weight is 376 g/mol. The van der Waals surface area contributed by atoms with E-state index >= 15 is 0 Å². The van der Waals surface area contributed by atoms with E-state index in [9.17, 15) is 4.79 Å². The van der Waals surface area contributed by atoms with Crippen LogP contribution in [0.2, 0.25) is 0 Å². The molecule has 0 bridgehead atoms. The zero-order chi connectivity index (χ0) is 19.4. The molecule has 7 heteroatoms. The second-order valence-corrected chi connectivity index (χ2v) is 6.88. The quantitative estimate of drug-likeness (QED) is 0.555. The molecule has 2 aromatic heterocycles. The van der Waals surface area contributed by atoms with Crippen LogP contribution in [0.5, 0.6) is 5.75 Å². The summed E-state index contributed by atoms with van der Waals surface area (Å²) >= 11 is 0. The molecule has 1 aliphatic heterocycles. The summed E-state index contributed by atoms with van der Waals surface area (Å²) in [6.45, 7) is 1.73. The zero-order valence-corrected chi connectivity index (χ0v) is 15.9. The third-order valence-electron chi connectivity index (χ3n) is 5.38. The summed E-state index contributed by atoms with van der Waals surface area (Å²) in [5.74, 6) is 1.02. The van der Waals surface area contributed by atoms with Crippen LogP contribution in [0.15, 0.2) is 36.4 Å². The fourth-order valence-corrected chi connectivity index (χ4v) is 4.12. The van der Waals surface area contributed by atoms with E-state index in [0.29, 0.717) is 16.8 Å². The molecule has 5 rings (SSSR count). The van der Waals surface area contributed by atoms with Crippen molar-refractivity contribution in [2.75, 3.05) is 26.1 Å². The largest absolute Gasteiger partial charge is 0.494 e. The number of rotatable bonds is 3. The van der Waals surface area contributed by atoms with Crippen molar-refractivity contribution in [1.82, 2.24) is 14.1 Å². The van der Waals surface area contributed by atoms with Crippen LogP contribution in [-0.2, 0) is 18.3 Å². The molecule has 28 heavy (non-hydrogen) atoms. The molecule has 0 aliphatic carbocycles. The Kier molecular flexibility index (Phi) is 3.58. The van der Waals surface area contributed by atoms with Gasteiger partial charge in [0.15, 0.2) is 5.82 Å². The Morgan fingerprint density at radius 3 is 2.82 bits per heavy atom. The lowest BCUT2D eigenvalue weighted by molar-refractivity contribution is 0.0600. The number of aromatic nitrogens is 3. The van der Waals surface area contributed by atoms with Crippen LogP contribution in [0, 0.1) is 0 Å². The number of imidazole rings is 1. The number of ether oxygens (including phenoxy) is 2. The van der Waals surface area contributed by atoms with Gasteiger partial charge in [-0.15, -0.1) is 0 Å². The van der Waals surface area contributed by atoms with E-state index in [1.807, 2.05) is 11.6 Å². The first kappa shape index (κ1) is 16.7. The second-order valence-electron chi connectivity index (χ2n) is 6.88. The van der Waals surface area contributed by atoms with Crippen molar-refractivity contribution >= 4 is 33.6 Å². The maximum Gasteiger partial charge on any atom is 0.338 e. The van der Waals surface area contributed by atoms with Gasteiger partial charge in [-0.3, -0.25) is 0 Å². The van der Waals surface area contributed by atoms with E-state index in [-0.39, 0.29) is 0 Å². The van der Waals surface area contributed by atoms with Gasteiger partial charge in [-0.1, -0.05) is 12.1 Å². The van der Waals surface area contributed by atoms with Gasteiger partial charge in [0.2, 0.25) is 0 Å². The fourth-order valence-electron chi connectivity index (χ4n) is 4.12. The summed E-state index contributed by atoms with van der Waals surface area (Å²) in [5, 5.41) is 4.63. The summed E-state index contributed by atoms with van der Waals surface area (Å²) in [5.41, 5.74) is 5.34. The monoisotopic (exact) mass is 376 g/mol. The lowest BCUT2D eigenvalue weighted by Crippen LogP contribution is -2.17. The minimum atomic E-state index is -0.411. The van der Waals surface area contributed by atoms with Gasteiger partial charge in [0.1, 0.15) is 11.3 Å². The Bertz CT molecular complexity index is 1250. The Balaban J connectivity index is 1.79. The van der Waals surface area contributed by atoms with Crippen molar-refractivity contribution in [1.29, 1.82) is 0 Å². The Morgan fingerprint density at radius 2 is 2.04 bits per heavy atom. The number of nitrogens with one attached hydrogen (secondary N) is 1. The van der Waals surface area contributed by atoms with Crippen LogP contribution in [0.25, 0.3) is 33.5 Å². The number of aryl methyl sites for hydroxylation is 1. The van der Waals surface area contributed by atoms with E-state index < -0.39 is 5.97 Å². The molecule has 142 valence electrons. The number of esters is 1. The van der Waals surface area contributed by atoms with Crippen LogP contribution in [-0.4, -0.2) is 40.9 Å². The maximum atomic E-state index is 12.0. The summed E-state index contributed by atoms with van der Waals surface area (Å²) in [6, 6.07) is 11.9. The Labute approximate surface area is 161 Å². The number of carbonyl (C=O) groups excluding carboxylic acids is 1. The number of carbonyl (C=O) groups is 1. The molecule has 0 saturated carbocycles. The van der Waals surface area contributed by atoms with E-state index in [1.54, 1.807) is 19.2 Å². The third-order valence-corrected chi connectivity index (χ3v) is 5.38. The number of hydrogen-bond donors (Lipinski definition) is 1. The standard InChI is InChI=1S/C21H20N4O3/c1-24-19-15(9-13(21(26)28-3)11-17(19)27-2)23-20(24)16-10-12-5-4-6-14-18(12)25(16)8-7-22-14/h4-6,9-11,22H,7-8H2,1-3H3. The highest BCUT2D eigenvalue weighted by atomic mass is 16.5. The van der Waals surface area contributed by atoms with E-state index in [0.717, 1.165) is 35.8 Å². The van der Waals surface area contributed by atoms with Gasteiger partial charge in [-0.25, -0.2) is 9.78 Å². The Morgan fingerprint density at radius 1 is 1.18 bits per heavy atom. The van der Waals surface area contributed by atoms with Crippen LogP contribution < -0.4 is 10.1 Å². The van der Waals surface area contributed by atoms with Crippen molar-refractivity contribution in [3.05, 3.63) is 42.0 Å². The molecule has 2 aromatic carbocycles. The van der Waals surface area contributed by atoms with Gasteiger partial charge in [-0.05, 0) is 24.3 Å². The number of hydrogen-bond acceptors (Lipinski definition) is 5. The Hall–Kier alpha value is -3.48. The normalized spacial score (nSPS) is 13.0. The molecule has 0 spiro atoms. The summed E-state index contributed by atoms with van der Waals surface area (Å²) in [4.78, 5) is 16.9. The number of para-hydroxylation sites is 1. The average Bonchev–Trinajstić information content (AvgIpc) is 3.26. The second kappa shape index (κ2) is 6.02. The molecule has 1 N–H and O–H groups in total. The summed E-state index contributed by atoms with van der Waals surface area (Å²) in [6.07, 6.45) is 0. The molecular weight excluding hydrogens is 356 g/mol. The maximum absolute atomic E-state index is 12.0. The first-order chi connectivity index (χ1) is 13.6. The highest BCUT2D eigenvalue weighted by Crippen LogP contribution is 2.37. The van der Waals surface area contributed by atoms with Crippen molar-refractivity contribution in [2.45, 2.75) is 6.54 Å². The SMILES string of the molecule is COC(=O)c1cc(OC)c2c(c1)nc(-c1cc3cccc4c3n1CCN4)n2C. The first-order valence-corrected chi connectivity index (χ1v) is 9.11. The molecule has 7 nitrogen and oxygen atoms in total. The fraction of sp³-hybridized carbons (Fsp3) is 0.238. The van der Waals surface area contributed by atoms with E-state index in [1.165, 1.54) is 18.0 Å². The zero-order valence-electron chi connectivity index (χ0n) is 15.9. The van der Waals surface area contributed by atoms with Crippen molar-refractivity contribution in [2.24, 2.45) is 7.05 Å². The van der Waals surface area contributed by atoms with Crippen molar-refractivity contribution in [3.63, 3.8) is 0 Å². The molecule has 4 aromatic rings. The molecule has 3 heterocycles. The summed E-state index contributed by atoms with van der Waals surface area (Å²) < 4.78 is 14.7. The van der Waals surface area contributed by atoms with Crippen LogP contribution in [0.3, 0.4) is 0 Å². The van der Waals surface area contributed by atoms with E-state index in [4.69, 9.17) is 14.5 Å². The predicted octanol–water partition coefficient (Wildman–Crippen LogP) is 3.42. The van der Waals surface area contributed by atoms with Gasteiger partial charge < -0.3 is 23.9 Å². The smallest absolute Gasteiger partial charge is 0.338 e. The topological polar surface area (TPSA) is 70.3 Å². The third kappa shape index (κ3) is 2.22. The van der Waals surface area contributed by atoms with Crippen molar-refractivity contribution < 1.29 is 14.3 Å². The highest BCUT2D eigenvalue weighted by molar-refractivity contribution is 5.99. The molecular formula is C21H20N4O3. The van der Waals surface area contributed by atoms with Crippen LogP contribution in [0.1, 0.15) is 10.4 Å². The molecule has 0 amide bonds.